The van der Waals surface area contributed by atoms with Gasteiger partial charge in [0.1, 0.15) is 0 Å². The molecule has 2 amide bonds. The molecule has 0 aliphatic heterocycles. The molecule has 1 aliphatic rings. The van der Waals surface area contributed by atoms with Crippen LogP contribution < -0.4 is 16.4 Å². The number of nitro benzene ring substituents is 2. The van der Waals surface area contributed by atoms with Gasteiger partial charge >= 0.3 is 5.97 Å². The standard InChI is InChI=1S/C15H11N3O7.C14H17N3O/c19-14(16-13(15(20)21)9-4-2-1-3-5-9)10-6-11(17(22)23)8-12(7-10)18(24)25;1-16-9-3-5-13-11(7-9)10-6-8(14(15)18)2-4-12(10)17-13/h1-8,13H,(H,16,19)(H,20,21);2,4,6,9,16-17H,3,5,7H2,1H3,(H2,15,18)/t13-;9-/m01/s1. The largest absolute Gasteiger partial charge is 0.479 e. The Hall–Kier alpha value is -5.63. The summed E-state index contributed by atoms with van der Waals surface area (Å²) in [6.45, 7) is 0. The number of aliphatic carboxylic acids is 1. The number of nitrogens with one attached hydrogen (secondary N) is 3. The number of nitrogens with zero attached hydrogens (tertiary/aromatic N) is 2. The van der Waals surface area contributed by atoms with Gasteiger partial charge in [-0.15, -0.1) is 0 Å². The third-order valence-corrected chi connectivity index (χ3v) is 7.12. The number of carboxylic acids is 1. The average molecular weight is 589 g/mol. The Morgan fingerprint density at radius 1 is 0.977 bits per heavy atom. The minimum Gasteiger partial charge on any atom is -0.479 e. The fraction of sp³-hybridized carbons (Fsp3) is 0.207. The summed E-state index contributed by atoms with van der Waals surface area (Å²) in [7, 11) is 2.00. The number of nitrogens with two attached hydrogens (primary N) is 1. The van der Waals surface area contributed by atoms with Crippen LogP contribution in [0.5, 0.6) is 0 Å². The molecule has 0 bridgehead atoms. The van der Waals surface area contributed by atoms with Gasteiger partial charge in [-0.25, -0.2) is 4.79 Å². The zero-order valence-electron chi connectivity index (χ0n) is 22.9. The summed E-state index contributed by atoms with van der Waals surface area (Å²) in [6, 6.07) is 14.9. The van der Waals surface area contributed by atoms with Crippen molar-refractivity contribution < 1.29 is 29.3 Å². The number of fused-ring (bicyclic) bond motifs is 3. The van der Waals surface area contributed by atoms with Gasteiger partial charge in [-0.3, -0.25) is 29.8 Å². The van der Waals surface area contributed by atoms with Crippen LogP contribution in [0.2, 0.25) is 0 Å². The summed E-state index contributed by atoms with van der Waals surface area (Å²) in [6.07, 6.45) is 3.22. The van der Waals surface area contributed by atoms with E-state index < -0.39 is 39.1 Å². The highest BCUT2D eigenvalue weighted by molar-refractivity contribution is 5.99. The van der Waals surface area contributed by atoms with Crippen molar-refractivity contribution in [1.82, 2.24) is 15.6 Å². The Kier molecular flexibility index (Phi) is 9.11. The average Bonchev–Trinajstić information content (AvgIpc) is 3.37. The van der Waals surface area contributed by atoms with Gasteiger partial charge in [0.15, 0.2) is 6.04 Å². The second-order valence-corrected chi connectivity index (χ2v) is 9.84. The smallest absolute Gasteiger partial charge is 0.330 e. The Morgan fingerprint density at radius 3 is 2.19 bits per heavy atom. The van der Waals surface area contributed by atoms with E-state index >= 15 is 0 Å². The zero-order valence-corrected chi connectivity index (χ0v) is 22.9. The normalized spacial score (nSPS) is 14.5. The SMILES string of the molecule is CN[C@@H]1CCc2[nH]c3ccc(C(N)=O)cc3c2C1.O=C(N[C@H](C(=O)O)c1ccccc1)c1cc([N+](=O)[O-])cc([N+](=O)[O-])c1. The van der Waals surface area contributed by atoms with Gasteiger partial charge in [0, 0.05) is 40.3 Å². The van der Waals surface area contributed by atoms with Crippen LogP contribution in [0.4, 0.5) is 11.4 Å². The van der Waals surface area contributed by atoms with E-state index in [-0.39, 0.29) is 17.0 Å². The summed E-state index contributed by atoms with van der Waals surface area (Å²) >= 11 is 0. The number of non-ortho nitro benzene ring substituents is 2. The summed E-state index contributed by atoms with van der Waals surface area (Å²) in [5.74, 6) is -2.70. The molecule has 2 atom stereocenters. The maximum Gasteiger partial charge on any atom is 0.330 e. The lowest BCUT2D eigenvalue weighted by Gasteiger charge is -2.21. The number of hydrogen-bond donors (Lipinski definition) is 5. The quantitative estimate of drug-likeness (QED) is 0.150. The first kappa shape index (κ1) is 30.3. The maximum absolute atomic E-state index is 12.3. The third kappa shape index (κ3) is 7.00. The minimum absolute atomic E-state index is 0.281. The number of H-pyrrole nitrogens is 1. The molecule has 0 saturated carbocycles. The Morgan fingerprint density at radius 2 is 1.63 bits per heavy atom. The van der Waals surface area contributed by atoms with Crippen molar-refractivity contribution in [2.45, 2.75) is 31.3 Å². The van der Waals surface area contributed by atoms with Crippen LogP contribution in [0.15, 0.2) is 66.7 Å². The number of aromatic nitrogens is 1. The summed E-state index contributed by atoms with van der Waals surface area (Å²) < 4.78 is 0. The number of primary amides is 1. The maximum atomic E-state index is 12.3. The van der Waals surface area contributed by atoms with Crippen molar-refractivity contribution in [2.24, 2.45) is 5.73 Å². The summed E-state index contributed by atoms with van der Waals surface area (Å²) in [5, 5.41) is 37.7. The highest BCUT2D eigenvalue weighted by Crippen LogP contribution is 2.30. The van der Waals surface area contributed by atoms with E-state index in [9.17, 15) is 39.7 Å². The lowest BCUT2D eigenvalue weighted by atomic mass is 9.91. The van der Waals surface area contributed by atoms with Crippen molar-refractivity contribution in [3.05, 3.63) is 115 Å². The van der Waals surface area contributed by atoms with E-state index in [1.165, 1.54) is 23.4 Å². The van der Waals surface area contributed by atoms with Gasteiger partial charge in [0.05, 0.1) is 21.5 Å². The Balaban J connectivity index is 0.000000206. The molecule has 0 unspecified atom stereocenters. The number of benzene rings is 3. The molecule has 1 aliphatic carbocycles. The third-order valence-electron chi connectivity index (χ3n) is 7.12. The molecule has 0 spiro atoms. The van der Waals surface area contributed by atoms with E-state index in [2.05, 4.69) is 15.6 Å². The van der Waals surface area contributed by atoms with Crippen molar-refractivity contribution in [2.75, 3.05) is 7.05 Å². The van der Waals surface area contributed by atoms with E-state index in [1.54, 1.807) is 24.3 Å². The highest BCUT2D eigenvalue weighted by atomic mass is 16.6. The van der Waals surface area contributed by atoms with Crippen molar-refractivity contribution in [3.63, 3.8) is 0 Å². The number of amides is 2. The molecule has 6 N–H and O–H groups in total. The second-order valence-electron chi connectivity index (χ2n) is 9.84. The highest BCUT2D eigenvalue weighted by Gasteiger charge is 2.26. The molecule has 5 rings (SSSR count). The fourth-order valence-corrected chi connectivity index (χ4v) is 4.90. The monoisotopic (exact) mass is 588 g/mol. The molecule has 3 aromatic carbocycles. The number of carboxylic acid groups (broad SMARTS) is 1. The van der Waals surface area contributed by atoms with Crippen molar-refractivity contribution >= 4 is 40.1 Å². The summed E-state index contributed by atoms with van der Waals surface area (Å²) in [5.41, 5.74) is 8.26. The van der Waals surface area contributed by atoms with Crippen molar-refractivity contribution in [3.8, 4) is 0 Å². The molecular formula is C29H28N6O8. The van der Waals surface area contributed by atoms with Crippen LogP contribution >= 0.6 is 0 Å². The fourth-order valence-electron chi connectivity index (χ4n) is 4.90. The van der Waals surface area contributed by atoms with Crippen LogP contribution in [0.1, 0.15) is 50.0 Å². The van der Waals surface area contributed by atoms with Gasteiger partial charge < -0.3 is 26.5 Å². The second kappa shape index (κ2) is 12.9. The first-order valence-electron chi connectivity index (χ1n) is 13.1. The lowest BCUT2D eigenvalue weighted by Crippen LogP contribution is -2.33. The number of carbonyl (C=O) groups is 3. The lowest BCUT2D eigenvalue weighted by molar-refractivity contribution is -0.394. The Bertz CT molecular complexity index is 1690. The first-order chi connectivity index (χ1) is 20.5. The van der Waals surface area contributed by atoms with Crippen LogP contribution in [0.25, 0.3) is 10.9 Å². The number of aromatic amines is 1. The van der Waals surface area contributed by atoms with Crippen LogP contribution in [0.3, 0.4) is 0 Å². The molecular weight excluding hydrogens is 560 g/mol. The van der Waals surface area contributed by atoms with Crippen LogP contribution in [-0.4, -0.2) is 50.8 Å². The summed E-state index contributed by atoms with van der Waals surface area (Å²) in [4.78, 5) is 58.3. The van der Waals surface area contributed by atoms with Gasteiger partial charge in [0.2, 0.25) is 5.91 Å². The van der Waals surface area contributed by atoms with Gasteiger partial charge in [-0.1, -0.05) is 30.3 Å². The predicted molar refractivity (Wildman–Crippen MR) is 156 cm³/mol. The molecule has 14 heteroatoms. The predicted octanol–water partition coefficient (Wildman–Crippen LogP) is 3.40. The van der Waals surface area contributed by atoms with Crippen molar-refractivity contribution in [1.29, 1.82) is 0 Å². The molecule has 4 aromatic rings. The molecule has 0 fully saturated rings. The van der Waals surface area contributed by atoms with Gasteiger partial charge in [0.25, 0.3) is 17.3 Å². The molecule has 0 radical (unpaired) electrons. The first-order valence-corrected chi connectivity index (χ1v) is 13.1. The molecule has 0 saturated heterocycles. The van der Waals surface area contributed by atoms with E-state index in [0.717, 1.165) is 42.3 Å². The number of nitro groups is 2. The zero-order chi connectivity index (χ0) is 31.3. The number of rotatable bonds is 8. The van der Waals surface area contributed by atoms with Gasteiger partial charge in [-0.05, 0) is 55.6 Å². The number of carbonyl (C=O) groups excluding carboxylic acids is 2. The Labute approximate surface area is 244 Å². The van der Waals surface area contributed by atoms with E-state index in [4.69, 9.17) is 5.73 Å². The van der Waals surface area contributed by atoms with Crippen LogP contribution in [0, 0.1) is 20.2 Å². The molecule has 14 nitrogen and oxygen atoms in total. The minimum atomic E-state index is -1.41. The number of aryl methyl sites for hydroxylation is 1. The van der Waals surface area contributed by atoms with E-state index in [1.807, 2.05) is 19.2 Å². The molecule has 1 aromatic heterocycles. The number of likely N-dealkylation sites (N-methyl/N-ethyl adjacent to an activating group) is 1. The molecule has 43 heavy (non-hydrogen) atoms. The molecule has 222 valence electrons. The topological polar surface area (TPSA) is 224 Å². The van der Waals surface area contributed by atoms with E-state index in [0.29, 0.717) is 17.7 Å². The molecule has 1 heterocycles. The number of hydrogen-bond acceptors (Lipinski definition) is 8. The van der Waals surface area contributed by atoms with Gasteiger partial charge in [-0.2, -0.15) is 0 Å². The van der Waals surface area contributed by atoms with Crippen LogP contribution in [-0.2, 0) is 17.6 Å².